The average Bonchev–Trinajstić information content (AvgIpc) is 3.11. The van der Waals surface area contributed by atoms with Crippen molar-refractivity contribution in [3.05, 3.63) is 93.5 Å². The van der Waals surface area contributed by atoms with Gasteiger partial charge in [0.25, 0.3) is 11.7 Å². The number of hydrogen-bond acceptors (Lipinski definition) is 5. The first-order valence-electron chi connectivity index (χ1n) is 10.9. The van der Waals surface area contributed by atoms with Crippen LogP contribution in [-0.4, -0.2) is 30.0 Å². The van der Waals surface area contributed by atoms with Gasteiger partial charge in [0.15, 0.2) is 0 Å². The molecule has 1 saturated heterocycles. The molecule has 0 aromatic heterocycles. The van der Waals surface area contributed by atoms with Crippen molar-refractivity contribution >= 4 is 46.3 Å². The van der Waals surface area contributed by atoms with Crippen LogP contribution in [0.25, 0.3) is 5.76 Å². The summed E-state index contributed by atoms with van der Waals surface area (Å²) < 4.78 is 11.0. The Kier molecular flexibility index (Phi) is 7.05. The van der Waals surface area contributed by atoms with Crippen LogP contribution in [0.2, 0.25) is 10.0 Å². The first kappa shape index (κ1) is 24.6. The number of rotatable bonds is 6. The Balaban J connectivity index is 1.91. The lowest BCUT2D eigenvalue weighted by molar-refractivity contribution is -0.132. The molecule has 1 aliphatic rings. The van der Waals surface area contributed by atoms with Crippen molar-refractivity contribution in [3.63, 3.8) is 0 Å². The highest BCUT2D eigenvalue weighted by Gasteiger charge is 2.47. The Morgan fingerprint density at radius 2 is 1.66 bits per heavy atom. The van der Waals surface area contributed by atoms with Crippen LogP contribution in [0.4, 0.5) is 5.69 Å². The van der Waals surface area contributed by atoms with Gasteiger partial charge in [-0.3, -0.25) is 14.5 Å². The summed E-state index contributed by atoms with van der Waals surface area (Å²) in [5.74, 6) is -0.768. The summed E-state index contributed by atoms with van der Waals surface area (Å²) in [6.45, 7) is 3.84. The topological polar surface area (TPSA) is 76.1 Å². The Bertz CT molecular complexity index is 1320. The molecule has 180 valence electrons. The Hall–Kier alpha value is -3.48. The van der Waals surface area contributed by atoms with Gasteiger partial charge in [-0.2, -0.15) is 0 Å². The van der Waals surface area contributed by atoms with E-state index in [9.17, 15) is 14.7 Å². The summed E-state index contributed by atoms with van der Waals surface area (Å²) in [5.41, 5.74) is 1.28. The molecule has 8 heteroatoms. The number of nitrogens with zero attached hydrogens (tertiary/aromatic N) is 1. The van der Waals surface area contributed by atoms with E-state index in [4.69, 9.17) is 32.7 Å². The van der Waals surface area contributed by atoms with E-state index in [2.05, 4.69) is 0 Å². The maximum Gasteiger partial charge on any atom is 0.300 e. The number of hydrogen-bond donors (Lipinski definition) is 1. The van der Waals surface area contributed by atoms with E-state index in [1.807, 2.05) is 13.8 Å². The first-order chi connectivity index (χ1) is 16.7. The van der Waals surface area contributed by atoms with E-state index in [-0.39, 0.29) is 28.0 Å². The first-order valence-corrected chi connectivity index (χ1v) is 11.6. The number of ether oxygens (including phenoxy) is 2. The van der Waals surface area contributed by atoms with Crippen LogP contribution in [0, 0.1) is 0 Å². The fourth-order valence-electron chi connectivity index (χ4n) is 3.97. The molecule has 1 atom stereocenters. The second-order valence-corrected chi connectivity index (χ2v) is 9.05. The highest BCUT2D eigenvalue weighted by atomic mass is 35.5. The number of carbonyl (C=O) groups is 2. The van der Waals surface area contributed by atoms with Crippen molar-refractivity contribution in [1.82, 2.24) is 0 Å². The van der Waals surface area contributed by atoms with Crippen molar-refractivity contribution in [1.29, 1.82) is 0 Å². The molecule has 0 aliphatic carbocycles. The van der Waals surface area contributed by atoms with Gasteiger partial charge in [0, 0.05) is 17.3 Å². The quantitative estimate of drug-likeness (QED) is 0.235. The van der Waals surface area contributed by atoms with Crippen molar-refractivity contribution in [2.24, 2.45) is 0 Å². The van der Waals surface area contributed by atoms with Crippen LogP contribution < -0.4 is 14.4 Å². The minimum absolute atomic E-state index is 0.0158. The minimum atomic E-state index is -0.898. The molecule has 0 saturated carbocycles. The van der Waals surface area contributed by atoms with Crippen LogP contribution in [0.1, 0.15) is 31.0 Å². The third-order valence-electron chi connectivity index (χ3n) is 5.54. The molecule has 0 spiro atoms. The van der Waals surface area contributed by atoms with Gasteiger partial charge in [-0.1, -0.05) is 41.4 Å². The molecule has 1 heterocycles. The SMILES string of the molecule is COc1cccc(N2C(=O)C(=O)/C(=C(/O)c3ccc(Cl)c(Cl)c3)C2c2ccc(OC(C)C)cc2)c1. The van der Waals surface area contributed by atoms with Gasteiger partial charge in [-0.25, -0.2) is 0 Å². The summed E-state index contributed by atoms with van der Waals surface area (Å²) in [5, 5.41) is 11.7. The third-order valence-corrected chi connectivity index (χ3v) is 6.28. The molecule has 1 amide bonds. The Morgan fingerprint density at radius 1 is 0.943 bits per heavy atom. The molecular weight excluding hydrogens is 489 g/mol. The Labute approximate surface area is 213 Å². The fraction of sp³-hybridized carbons (Fsp3) is 0.185. The monoisotopic (exact) mass is 511 g/mol. The standard InChI is InChI=1S/C27H23Cl2NO5/c1-15(2)35-19-10-7-16(8-11-19)24-23(25(31)17-9-12-21(28)22(29)13-17)26(32)27(33)30(24)18-5-4-6-20(14-18)34-3/h4-15,24,31H,1-3H3/b25-23+. The van der Waals surface area contributed by atoms with E-state index >= 15 is 0 Å². The number of benzene rings is 3. The van der Waals surface area contributed by atoms with Crippen molar-refractivity contribution in [2.75, 3.05) is 12.0 Å². The number of carbonyl (C=O) groups excluding carboxylic acids is 2. The lowest BCUT2D eigenvalue weighted by Gasteiger charge is -2.26. The molecule has 1 aliphatic heterocycles. The average molecular weight is 512 g/mol. The molecule has 0 radical (unpaired) electrons. The van der Waals surface area contributed by atoms with Crippen LogP contribution in [0.5, 0.6) is 11.5 Å². The number of methoxy groups -OCH3 is 1. The maximum absolute atomic E-state index is 13.3. The van der Waals surface area contributed by atoms with Gasteiger partial charge < -0.3 is 14.6 Å². The van der Waals surface area contributed by atoms with Crippen molar-refractivity contribution < 1.29 is 24.2 Å². The summed E-state index contributed by atoms with van der Waals surface area (Å²) in [4.78, 5) is 27.9. The number of aliphatic hydroxyl groups is 1. The molecule has 0 bridgehead atoms. The number of halogens is 2. The molecule has 6 nitrogen and oxygen atoms in total. The number of Topliss-reactive ketones (excluding diaryl/α,β-unsaturated/α-hetero) is 1. The normalized spacial score (nSPS) is 17.2. The molecule has 1 fully saturated rings. The molecule has 3 aromatic rings. The zero-order chi connectivity index (χ0) is 25.3. The summed E-state index contributed by atoms with van der Waals surface area (Å²) >= 11 is 12.2. The molecule has 4 rings (SSSR count). The number of amides is 1. The highest BCUT2D eigenvalue weighted by Crippen LogP contribution is 2.43. The lowest BCUT2D eigenvalue weighted by Crippen LogP contribution is -2.29. The van der Waals surface area contributed by atoms with E-state index in [0.717, 1.165) is 0 Å². The number of ketones is 1. The zero-order valence-electron chi connectivity index (χ0n) is 19.3. The van der Waals surface area contributed by atoms with Crippen LogP contribution >= 0.6 is 23.2 Å². The highest BCUT2D eigenvalue weighted by molar-refractivity contribution is 6.51. The summed E-state index contributed by atoms with van der Waals surface area (Å²) in [6.07, 6.45) is -0.0158. The summed E-state index contributed by atoms with van der Waals surface area (Å²) in [7, 11) is 1.52. The van der Waals surface area contributed by atoms with Crippen LogP contribution in [0.15, 0.2) is 72.3 Å². The van der Waals surface area contributed by atoms with Crippen LogP contribution in [-0.2, 0) is 9.59 Å². The van der Waals surface area contributed by atoms with E-state index in [1.54, 1.807) is 54.6 Å². The van der Waals surface area contributed by atoms with Crippen molar-refractivity contribution in [3.8, 4) is 11.5 Å². The zero-order valence-corrected chi connectivity index (χ0v) is 20.8. The van der Waals surface area contributed by atoms with Gasteiger partial charge in [-0.15, -0.1) is 0 Å². The molecule has 1 N–H and O–H groups in total. The third kappa shape index (κ3) is 4.85. The van der Waals surface area contributed by atoms with Gasteiger partial charge >= 0.3 is 0 Å². The smallest absolute Gasteiger partial charge is 0.300 e. The second-order valence-electron chi connectivity index (χ2n) is 8.24. The largest absolute Gasteiger partial charge is 0.507 e. The second kappa shape index (κ2) is 10.0. The summed E-state index contributed by atoms with van der Waals surface area (Å²) in [6, 6.07) is 17.5. The minimum Gasteiger partial charge on any atom is -0.507 e. The van der Waals surface area contributed by atoms with E-state index in [1.165, 1.54) is 24.1 Å². The van der Waals surface area contributed by atoms with Crippen molar-refractivity contribution in [2.45, 2.75) is 26.0 Å². The number of aliphatic hydroxyl groups excluding tert-OH is 1. The lowest BCUT2D eigenvalue weighted by atomic mass is 9.95. The Morgan fingerprint density at radius 3 is 2.29 bits per heavy atom. The predicted molar refractivity (Wildman–Crippen MR) is 136 cm³/mol. The van der Waals surface area contributed by atoms with Gasteiger partial charge in [-0.05, 0) is 61.9 Å². The number of anilines is 1. The maximum atomic E-state index is 13.3. The van der Waals surface area contributed by atoms with Gasteiger partial charge in [0.05, 0.1) is 34.9 Å². The van der Waals surface area contributed by atoms with E-state index in [0.29, 0.717) is 27.8 Å². The molecule has 3 aromatic carbocycles. The van der Waals surface area contributed by atoms with Gasteiger partial charge in [0.1, 0.15) is 17.3 Å². The van der Waals surface area contributed by atoms with E-state index < -0.39 is 17.7 Å². The molecule has 1 unspecified atom stereocenters. The fourth-order valence-corrected chi connectivity index (χ4v) is 4.27. The predicted octanol–water partition coefficient (Wildman–Crippen LogP) is 6.42. The van der Waals surface area contributed by atoms with Gasteiger partial charge in [0.2, 0.25) is 0 Å². The van der Waals surface area contributed by atoms with Crippen LogP contribution in [0.3, 0.4) is 0 Å². The molecule has 35 heavy (non-hydrogen) atoms. The molecular formula is C27H23Cl2NO5.